The molecule has 110 valence electrons. The molecular formula is C13H14F4N2O. The van der Waals surface area contributed by atoms with Gasteiger partial charge in [0.05, 0.1) is 5.56 Å². The summed E-state index contributed by atoms with van der Waals surface area (Å²) in [5.74, 6) is -2.09. The van der Waals surface area contributed by atoms with Gasteiger partial charge in [0.25, 0.3) is 5.91 Å². The number of nitrogens with one attached hydrogen (secondary N) is 1. The number of carbonyl (C=O) groups is 1. The molecule has 0 unspecified atom stereocenters. The maximum absolute atomic E-state index is 13.1. The van der Waals surface area contributed by atoms with Crippen LogP contribution in [0.4, 0.5) is 17.6 Å². The average Bonchev–Trinajstić information content (AvgIpc) is 2.32. The van der Waals surface area contributed by atoms with E-state index in [1.54, 1.807) is 0 Å². The van der Waals surface area contributed by atoms with E-state index in [-0.39, 0.29) is 12.1 Å². The maximum Gasteiger partial charge on any atom is 0.419 e. The molecule has 20 heavy (non-hydrogen) atoms. The number of rotatable bonds is 3. The van der Waals surface area contributed by atoms with Crippen LogP contribution in [0.15, 0.2) is 18.2 Å². The minimum absolute atomic E-state index is 0.199. The van der Waals surface area contributed by atoms with Crippen LogP contribution in [0.5, 0.6) is 0 Å². The molecule has 0 saturated heterocycles. The molecule has 1 aliphatic rings. The van der Waals surface area contributed by atoms with Crippen molar-refractivity contribution in [2.24, 2.45) is 5.73 Å². The lowest BCUT2D eigenvalue weighted by molar-refractivity contribution is -0.140. The molecule has 1 amide bonds. The Morgan fingerprint density at radius 2 is 2.00 bits per heavy atom. The van der Waals surface area contributed by atoms with Gasteiger partial charge >= 0.3 is 6.18 Å². The molecule has 0 heterocycles. The third-order valence-corrected chi connectivity index (χ3v) is 3.48. The Kier molecular flexibility index (Phi) is 3.73. The lowest BCUT2D eigenvalue weighted by Gasteiger charge is -2.38. The maximum atomic E-state index is 13.1. The monoisotopic (exact) mass is 290 g/mol. The molecule has 1 fully saturated rings. The van der Waals surface area contributed by atoms with E-state index in [0.717, 1.165) is 25.3 Å². The molecule has 7 heteroatoms. The Balaban J connectivity index is 2.10. The van der Waals surface area contributed by atoms with Crippen molar-refractivity contribution in [2.75, 3.05) is 6.54 Å². The van der Waals surface area contributed by atoms with Gasteiger partial charge in [-0.1, -0.05) is 0 Å². The number of halogens is 4. The highest BCUT2D eigenvalue weighted by Crippen LogP contribution is 2.32. The van der Waals surface area contributed by atoms with Crippen molar-refractivity contribution in [1.82, 2.24) is 5.32 Å². The van der Waals surface area contributed by atoms with Crippen LogP contribution in [-0.2, 0) is 6.18 Å². The second-order valence-corrected chi connectivity index (χ2v) is 5.09. The molecule has 3 N–H and O–H groups in total. The Hall–Kier alpha value is -1.63. The van der Waals surface area contributed by atoms with E-state index in [9.17, 15) is 22.4 Å². The molecule has 2 rings (SSSR count). The van der Waals surface area contributed by atoms with Crippen LogP contribution in [0.3, 0.4) is 0 Å². The van der Waals surface area contributed by atoms with E-state index in [2.05, 4.69) is 5.32 Å². The van der Waals surface area contributed by atoms with Crippen LogP contribution in [0.1, 0.15) is 35.2 Å². The Morgan fingerprint density at radius 3 is 2.50 bits per heavy atom. The van der Waals surface area contributed by atoms with Gasteiger partial charge < -0.3 is 11.1 Å². The van der Waals surface area contributed by atoms with Gasteiger partial charge in [-0.15, -0.1) is 0 Å². The predicted octanol–water partition coefficient (Wildman–Crippen LogP) is 2.46. The van der Waals surface area contributed by atoms with Crippen LogP contribution >= 0.6 is 0 Å². The zero-order valence-electron chi connectivity index (χ0n) is 10.6. The van der Waals surface area contributed by atoms with Crippen molar-refractivity contribution in [3.63, 3.8) is 0 Å². The minimum atomic E-state index is -4.83. The third kappa shape index (κ3) is 3.09. The number of alkyl halides is 3. The van der Waals surface area contributed by atoms with Crippen molar-refractivity contribution in [2.45, 2.75) is 31.0 Å². The lowest BCUT2D eigenvalue weighted by Crippen LogP contribution is -2.54. The zero-order chi connectivity index (χ0) is 15.0. The molecule has 0 aromatic heterocycles. The van der Waals surface area contributed by atoms with Gasteiger partial charge in [0, 0.05) is 17.6 Å². The molecule has 0 radical (unpaired) electrons. The minimum Gasteiger partial charge on any atom is -0.350 e. The molecular weight excluding hydrogens is 276 g/mol. The molecule has 1 aromatic carbocycles. The largest absolute Gasteiger partial charge is 0.419 e. The highest BCUT2D eigenvalue weighted by atomic mass is 19.4. The summed E-state index contributed by atoms with van der Waals surface area (Å²) < 4.78 is 50.7. The highest BCUT2D eigenvalue weighted by Gasteiger charge is 2.35. The smallest absolute Gasteiger partial charge is 0.350 e. The number of benzene rings is 1. The zero-order valence-corrected chi connectivity index (χ0v) is 10.6. The van der Waals surface area contributed by atoms with Gasteiger partial charge in [-0.25, -0.2) is 4.39 Å². The van der Waals surface area contributed by atoms with Gasteiger partial charge in [0.1, 0.15) is 5.82 Å². The molecule has 0 bridgehead atoms. The number of nitrogens with two attached hydrogens (primary N) is 1. The Bertz CT molecular complexity index is 524. The molecule has 1 saturated carbocycles. The summed E-state index contributed by atoms with van der Waals surface area (Å²) >= 11 is 0. The molecule has 0 aliphatic heterocycles. The standard InChI is InChI=1S/C13H14F4N2O/c14-10-3-2-8(6-9(10)13(15,16)17)11(20)19-7-12(18)4-1-5-12/h2-3,6H,1,4-5,7,18H2,(H,19,20). The van der Waals surface area contributed by atoms with Gasteiger partial charge in [0.15, 0.2) is 0 Å². The van der Waals surface area contributed by atoms with E-state index in [0.29, 0.717) is 12.1 Å². The lowest BCUT2D eigenvalue weighted by atomic mass is 9.78. The third-order valence-electron chi connectivity index (χ3n) is 3.48. The van der Waals surface area contributed by atoms with E-state index in [4.69, 9.17) is 5.73 Å². The van der Waals surface area contributed by atoms with Gasteiger partial charge in [-0.3, -0.25) is 4.79 Å². The van der Waals surface area contributed by atoms with Crippen LogP contribution in [0, 0.1) is 5.82 Å². The summed E-state index contributed by atoms with van der Waals surface area (Å²) in [4.78, 5) is 11.8. The molecule has 3 nitrogen and oxygen atoms in total. The Labute approximate surface area is 113 Å². The van der Waals surface area contributed by atoms with Crippen LogP contribution in [0.2, 0.25) is 0 Å². The highest BCUT2D eigenvalue weighted by molar-refractivity contribution is 5.94. The first kappa shape index (κ1) is 14.8. The fraction of sp³-hybridized carbons (Fsp3) is 0.462. The predicted molar refractivity (Wildman–Crippen MR) is 64.5 cm³/mol. The molecule has 0 atom stereocenters. The fourth-order valence-corrected chi connectivity index (χ4v) is 2.05. The first-order valence-corrected chi connectivity index (χ1v) is 6.15. The van der Waals surface area contributed by atoms with Crippen molar-refractivity contribution in [3.05, 3.63) is 35.1 Å². The molecule has 1 aromatic rings. The first-order valence-electron chi connectivity index (χ1n) is 6.15. The summed E-state index contributed by atoms with van der Waals surface area (Å²) in [5, 5.41) is 2.49. The number of amides is 1. The van der Waals surface area contributed by atoms with Crippen LogP contribution in [0.25, 0.3) is 0 Å². The molecule has 0 spiro atoms. The SMILES string of the molecule is NC1(CNC(=O)c2ccc(F)c(C(F)(F)F)c2)CCC1. The van der Waals surface area contributed by atoms with E-state index in [1.165, 1.54) is 0 Å². The number of carbonyl (C=O) groups excluding carboxylic acids is 1. The van der Waals surface area contributed by atoms with Gasteiger partial charge in [-0.05, 0) is 37.5 Å². The Morgan fingerprint density at radius 1 is 1.35 bits per heavy atom. The van der Waals surface area contributed by atoms with Crippen molar-refractivity contribution in [1.29, 1.82) is 0 Å². The average molecular weight is 290 g/mol. The molecule has 1 aliphatic carbocycles. The fourth-order valence-electron chi connectivity index (χ4n) is 2.05. The summed E-state index contributed by atoms with van der Waals surface area (Å²) in [6.07, 6.45) is -2.32. The van der Waals surface area contributed by atoms with Crippen molar-refractivity contribution < 1.29 is 22.4 Å². The van der Waals surface area contributed by atoms with Crippen LogP contribution < -0.4 is 11.1 Å². The first-order chi connectivity index (χ1) is 9.21. The second-order valence-electron chi connectivity index (χ2n) is 5.09. The summed E-state index contributed by atoms with van der Waals surface area (Å²) in [6, 6.07) is 2.16. The number of hydrogen-bond donors (Lipinski definition) is 2. The van der Waals surface area contributed by atoms with Gasteiger partial charge in [0.2, 0.25) is 0 Å². The summed E-state index contributed by atoms with van der Waals surface area (Å²) in [7, 11) is 0. The van der Waals surface area contributed by atoms with Gasteiger partial charge in [-0.2, -0.15) is 13.2 Å². The van der Waals surface area contributed by atoms with E-state index >= 15 is 0 Å². The van der Waals surface area contributed by atoms with Crippen LogP contribution in [-0.4, -0.2) is 18.0 Å². The topological polar surface area (TPSA) is 55.1 Å². The van der Waals surface area contributed by atoms with E-state index in [1.807, 2.05) is 0 Å². The summed E-state index contributed by atoms with van der Waals surface area (Å²) in [5.41, 5.74) is 3.75. The van der Waals surface area contributed by atoms with E-state index < -0.39 is 29.0 Å². The summed E-state index contributed by atoms with van der Waals surface area (Å²) in [6.45, 7) is 0.199. The quantitative estimate of drug-likeness (QED) is 0.840. The van der Waals surface area contributed by atoms with Crippen molar-refractivity contribution >= 4 is 5.91 Å². The second kappa shape index (κ2) is 5.05. The number of hydrogen-bond acceptors (Lipinski definition) is 2. The normalized spacial score (nSPS) is 17.4. The van der Waals surface area contributed by atoms with Crippen molar-refractivity contribution in [3.8, 4) is 0 Å².